The molecule has 1 aliphatic carbocycles. The van der Waals surface area contributed by atoms with Crippen LogP contribution in [0, 0.1) is 5.92 Å². The number of nitrogens with zero attached hydrogens (tertiary/aromatic N) is 3. The average Bonchev–Trinajstić information content (AvgIpc) is 3.48. The normalized spacial score (nSPS) is 13.5. The van der Waals surface area contributed by atoms with Gasteiger partial charge in [0.05, 0.1) is 6.61 Å². The van der Waals surface area contributed by atoms with Crippen LogP contribution in [-0.4, -0.2) is 76.2 Å². The Morgan fingerprint density at radius 1 is 1.29 bits per heavy atom. The van der Waals surface area contributed by atoms with Gasteiger partial charge in [0, 0.05) is 47.9 Å². The van der Waals surface area contributed by atoms with Crippen molar-refractivity contribution in [1.29, 1.82) is 0 Å². The molecule has 0 aliphatic heterocycles. The van der Waals surface area contributed by atoms with Gasteiger partial charge in [-0.15, -0.1) is 24.0 Å². The van der Waals surface area contributed by atoms with Crippen LogP contribution in [0.2, 0.25) is 0 Å². The number of likely N-dealkylation sites (N-methyl/N-ethyl adjacent to an activating group) is 2. The Morgan fingerprint density at radius 2 is 2.04 bits per heavy atom. The maximum Gasteiger partial charge on any atom is 0.259 e. The number of nitrogens with one attached hydrogen (secondary N) is 1. The molecule has 1 aromatic carbocycles. The van der Waals surface area contributed by atoms with E-state index in [2.05, 4.69) is 15.2 Å². The third-order valence-corrected chi connectivity index (χ3v) is 4.41. The summed E-state index contributed by atoms with van der Waals surface area (Å²) in [5.74, 6) is 2.22. The lowest BCUT2D eigenvalue weighted by Crippen LogP contribution is -2.40. The number of carbonyl (C=O) groups excluding carboxylic acids is 1. The van der Waals surface area contributed by atoms with Crippen molar-refractivity contribution in [1.82, 2.24) is 15.1 Å². The smallest absolute Gasteiger partial charge is 0.259 e. The fraction of sp³-hybridized carbons (Fsp3) is 0.600. The quantitative estimate of drug-likeness (QED) is 0.229. The van der Waals surface area contributed by atoms with Gasteiger partial charge in [0.25, 0.3) is 5.91 Å². The van der Waals surface area contributed by atoms with Crippen molar-refractivity contribution in [3.63, 3.8) is 0 Å². The van der Waals surface area contributed by atoms with Crippen LogP contribution in [0.25, 0.3) is 0 Å². The molecule has 0 aromatic heterocycles. The molecular formula is C20H33IN4O3. The molecule has 1 amide bonds. The van der Waals surface area contributed by atoms with Gasteiger partial charge >= 0.3 is 0 Å². The van der Waals surface area contributed by atoms with Crippen molar-refractivity contribution in [2.45, 2.75) is 19.4 Å². The lowest BCUT2D eigenvalue weighted by Gasteiger charge is -2.22. The van der Waals surface area contributed by atoms with Crippen LogP contribution in [0.3, 0.4) is 0 Å². The molecule has 0 heterocycles. The van der Waals surface area contributed by atoms with Gasteiger partial charge in [-0.05, 0) is 36.5 Å². The molecular weight excluding hydrogens is 471 g/mol. The molecule has 0 atom stereocenters. The minimum Gasteiger partial charge on any atom is -0.484 e. The Labute approximate surface area is 185 Å². The molecule has 2 rings (SSSR count). The Hall–Kier alpha value is -1.55. The van der Waals surface area contributed by atoms with E-state index in [1.54, 1.807) is 21.1 Å². The van der Waals surface area contributed by atoms with Crippen LogP contribution in [0.1, 0.15) is 18.4 Å². The predicted octanol–water partition coefficient (Wildman–Crippen LogP) is 2.21. The molecule has 0 unspecified atom stereocenters. The Balaban J connectivity index is 0.00000392. The lowest BCUT2D eigenvalue weighted by atomic mass is 10.2. The zero-order valence-electron chi connectivity index (χ0n) is 17.3. The van der Waals surface area contributed by atoms with Gasteiger partial charge in [-0.25, -0.2) is 0 Å². The summed E-state index contributed by atoms with van der Waals surface area (Å²) in [5, 5.41) is 3.35. The molecule has 1 fully saturated rings. The van der Waals surface area contributed by atoms with Gasteiger partial charge in [0.15, 0.2) is 12.6 Å². The lowest BCUT2D eigenvalue weighted by molar-refractivity contribution is -0.130. The fourth-order valence-electron chi connectivity index (χ4n) is 2.43. The molecule has 0 bridgehead atoms. The number of carbonyl (C=O) groups is 1. The number of aliphatic imine (C=N–C) groups is 1. The first-order valence-electron chi connectivity index (χ1n) is 9.41. The first-order valence-corrected chi connectivity index (χ1v) is 9.41. The first-order chi connectivity index (χ1) is 13.0. The van der Waals surface area contributed by atoms with E-state index < -0.39 is 0 Å². The van der Waals surface area contributed by atoms with Gasteiger partial charge in [0.1, 0.15) is 5.75 Å². The minimum absolute atomic E-state index is 0. The number of guanidine groups is 1. The highest BCUT2D eigenvalue weighted by Crippen LogP contribution is 2.28. The molecule has 1 saturated carbocycles. The molecule has 1 aliphatic rings. The van der Waals surface area contributed by atoms with Crippen molar-refractivity contribution >= 4 is 35.8 Å². The van der Waals surface area contributed by atoms with Gasteiger partial charge in [0.2, 0.25) is 0 Å². The zero-order chi connectivity index (χ0) is 19.6. The molecule has 0 radical (unpaired) electrons. The number of hydrogen-bond acceptors (Lipinski definition) is 4. The topological polar surface area (TPSA) is 66.4 Å². The second-order valence-corrected chi connectivity index (χ2v) is 7.06. The van der Waals surface area contributed by atoms with E-state index in [0.717, 1.165) is 30.6 Å². The number of halogens is 1. The summed E-state index contributed by atoms with van der Waals surface area (Å²) in [7, 11) is 7.20. The largest absolute Gasteiger partial charge is 0.484 e. The molecule has 0 spiro atoms. The summed E-state index contributed by atoms with van der Waals surface area (Å²) in [6.45, 7) is 3.04. The van der Waals surface area contributed by atoms with Crippen molar-refractivity contribution in [2.75, 3.05) is 54.6 Å². The number of ether oxygens (including phenoxy) is 2. The van der Waals surface area contributed by atoms with E-state index in [-0.39, 0.29) is 36.5 Å². The molecule has 158 valence electrons. The monoisotopic (exact) mass is 504 g/mol. The van der Waals surface area contributed by atoms with Crippen molar-refractivity contribution < 1.29 is 14.3 Å². The Morgan fingerprint density at radius 3 is 2.68 bits per heavy atom. The second-order valence-electron chi connectivity index (χ2n) is 7.06. The van der Waals surface area contributed by atoms with Gasteiger partial charge in [-0.3, -0.25) is 9.79 Å². The summed E-state index contributed by atoms with van der Waals surface area (Å²) < 4.78 is 11.3. The van der Waals surface area contributed by atoms with E-state index in [1.165, 1.54) is 17.7 Å². The molecule has 0 saturated heterocycles. The fourth-order valence-corrected chi connectivity index (χ4v) is 2.43. The molecule has 7 nitrogen and oxygen atoms in total. The van der Waals surface area contributed by atoms with E-state index >= 15 is 0 Å². The van der Waals surface area contributed by atoms with Crippen LogP contribution in [0.4, 0.5) is 0 Å². The molecule has 1 N–H and O–H groups in total. The van der Waals surface area contributed by atoms with E-state index in [1.807, 2.05) is 31.3 Å². The van der Waals surface area contributed by atoms with Gasteiger partial charge < -0.3 is 24.6 Å². The molecule has 8 heteroatoms. The van der Waals surface area contributed by atoms with Gasteiger partial charge in [-0.2, -0.15) is 0 Å². The third kappa shape index (κ3) is 9.09. The average molecular weight is 504 g/mol. The highest BCUT2D eigenvalue weighted by Gasteiger charge is 2.21. The highest BCUT2D eigenvalue weighted by molar-refractivity contribution is 14.0. The first kappa shape index (κ1) is 24.5. The third-order valence-electron chi connectivity index (χ3n) is 4.41. The van der Waals surface area contributed by atoms with Crippen LogP contribution < -0.4 is 10.1 Å². The number of hydrogen-bond donors (Lipinski definition) is 1. The summed E-state index contributed by atoms with van der Waals surface area (Å²) in [5.41, 5.74) is 1.06. The molecule has 1 aromatic rings. The zero-order valence-corrected chi connectivity index (χ0v) is 19.6. The SMILES string of the molecule is CN=C(NCc1cccc(OCC(=O)N(C)C)c1)N(C)CCOCC1CC1.I. The van der Waals surface area contributed by atoms with Crippen molar-refractivity contribution in [3.05, 3.63) is 29.8 Å². The maximum atomic E-state index is 11.6. The van der Waals surface area contributed by atoms with Gasteiger partial charge in [-0.1, -0.05) is 12.1 Å². The second kappa shape index (κ2) is 12.8. The summed E-state index contributed by atoms with van der Waals surface area (Å²) >= 11 is 0. The maximum absolute atomic E-state index is 11.6. The van der Waals surface area contributed by atoms with Crippen LogP contribution >= 0.6 is 24.0 Å². The van der Waals surface area contributed by atoms with Crippen molar-refractivity contribution in [2.24, 2.45) is 10.9 Å². The molecule has 28 heavy (non-hydrogen) atoms. The Kier molecular flexibility index (Phi) is 11.2. The van der Waals surface area contributed by atoms with E-state index in [4.69, 9.17) is 9.47 Å². The minimum atomic E-state index is -0.0653. The standard InChI is InChI=1S/C20H32N4O3.HI/c1-21-20(24(4)10-11-26-14-16-8-9-16)22-13-17-6-5-7-18(12-17)27-15-19(25)23(2)3;/h5-7,12,16H,8-11,13-15H2,1-4H3,(H,21,22);1H. The number of rotatable bonds is 10. The van der Waals surface area contributed by atoms with Crippen LogP contribution in [0.5, 0.6) is 5.75 Å². The van der Waals surface area contributed by atoms with Crippen LogP contribution in [0.15, 0.2) is 29.3 Å². The summed E-state index contributed by atoms with van der Waals surface area (Å²) in [4.78, 5) is 19.5. The van der Waals surface area contributed by atoms with E-state index in [0.29, 0.717) is 18.9 Å². The Bertz CT molecular complexity index is 636. The van der Waals surface area contributed by atoms with Crippen LogP contribution in [-0.2, 0) is 16.1 Å². The number of amides is 1. The number of benzene rings is 1. The predicted molar refractivity (Wildman–Crippen MR) is 122 cm³/mol. The van der Waals surface area contributed by atoms with E-state index in [9.17, 15) is 4.79 Å². The van der Waals surface area contributed by atoms with Crippen molar-refractivity contribution in [3.8, 4) is 5.75 Å². The highest BCUT2D eigenvalue weighted by atomic mass is 127. The summed E-state index contributed by atoms with van der Waals surface area (Å²) in [6, 6.07) is 7.72. The summed E-state index contributed by atoms with van der Waals surface area (Å²) in [6.07, 6.45) is 2.62.